The first kappa shape index (κ1) is 72.0. The molecule has 0 saturated carbocycles. The fourth-order valence-electron chi connectivity index (χ4n) is 7.83. The fourth-order valence-corrected chi connectivity index (χ4v) is 7.83. The number of carbonyl (C=O) groups excluding carboxylic acids is 3. The van der Waals surface area contributed by atoms with Crippen molar-refractivity contribution >= 4 is 17.9 Å². The summed E-state index contributed by atoms with van der Waals surface area (Å²) in [5, 5.41) is 0. The minimum absolute atomic E-state index is 0.107. The molecule has 432 valence electrons. The summed E-state index contributed by atoms with van der Waals surface area (Å²) >= 11 is 0. The first-order valence-electron chi connectivity index (χ1n) is 31.0. The predicted octanol–water partition coefficient (Wildman–Crippen LogP) is 21.3. The molecule has 1 unspecified atom stereocenters. The van der Waals surface area contributed by atoms with Gasteiger partial charge in [0.1, 0.15) is 13.2 Å². The molecule has 1 atom stereocenters. The van der Waals surface area contributed by atoms with Crippen molar-refractivity contribution in [2.24, 2.45) is 0 Å². The van der Waals surface area contributed by atoms with E-state index in [1.807, 2.05) is 0 Å². The molecule has 0 aliphatic carbocycles. The van der Waals surface area contributed by atoms with Gasteiger partial charge in [-0.1, -0.05) is 243 Å². The highest BCUT2D eigenvalue weighted by atomic mass is 16.6. The van der Waals surface area contributed by atoms with E-state index >= 15 is 0 Å². The van der Waals surface area contributed by atoms with E-state index in [0.29, 0.717) is 25.7 Å². The van der Waals surface area contributed by atoms with Gasteiger partial charge < -0.3 is 14.2 Å². The molecule has 0 aromatic heterocycles. The van der Waals surface area contributed by atoms with E-state index in [0.717, 1.165) is 154 Å². The number of allylic oxidation sites excluding steroid dienone is 26. The Morgan fingerprint density at radius 3 is 0.870 bits per heavy atom. The van der Waals surface area contributed by atoms with Gasteiger partial charge in [0.15, 0.2) is 6.10 Å². The van der Waals surface area contributed by atoms with Crippen LogP contribution in [0, 0.1) is 0 Å². The average Bonchev–Trinajstić information content (AvgIpc) is 3.43. The molecule has 0 aliphatic rings. The van der Waals surface area contributed by atoms with E-state index in [1.165, 1.54) is 51.4 Å². The Morgan fingerprint density at radius 1 is 0.273 bits per heavy atom. The molecule has 0 aromatic carbocycles. The second-order valence-corrected chi connectivity index (χ2v) is 19.9. The van der Waals surface area contributed by atoms with Crippen molar-refractivity contribution in [2.75, 3.05) is 13.2 Å². The summed E-state index contributed by atoms with van der Waals surface area (Å²) in [4.78, 5) is 38.1. The summed E-state index contributed by atoms with van der Waals surface area (Å²) in [5.74, 6) is -0.983. The van der Waals surface area contributed by atoms with Gasteiger partial charge in [0.25, 0.3) is 0 Å². The lowest BCUT2D eigenvalue weighted by Gasteiger charge is -2.18. The van der Waals surface area contributed by atoms with Crippen LogP contribution < -0.4 is 0 Å². The second-order valence-electron chi connectivity index (χ2n) is 19.9. The zero-order valence-electron chi connectivity index (χ0n) is 49.4. The van der Waals surface area contributed by atoms with Crippen molar-refractivity contribution in [1.29, 1.82) is 0 Å². The summed E-state index contributed by atoms with van der Waals surface area (Å²) in [5.41, 5.74) is 0. The van der Waals surface area contributed by atoms with Gasteiger partial charge in [0.05, 0.1) is 0 Å². The molecule has 0 aromatic rings. The molecule has 0 spiro atoms. The molecule has 0 heterocycles. The molecule has 0 N–H and O–H groups in total. The molecular formula is C71H112O6. The predicted molar refractivity (Wildman–Crippen MR) is 334 cm³/mol. The first-order chi connectivity index (χ1) is 38.0. The standard InChI is InChI=1S/C71H112O6/c1-4-7-10-13-16-19-22-25-27-28-29-30-31-32-33-34-35-36-37-38-39-40-41-42-43-44-45-47-49-52-55-58-61-64-70(73)76-67-68(66-75-69(72)63-60-57-54-51-48-24-21-18-15-12-9-6-3)77-71(74)65-62-59-56-53-50-46-26-23-20-17-14-11-8-5-2/h7,10,14,16-19,21,23,25-27,29-30,32-33,35-36,38-39,41-42,44-45,49,52,68H,4-6,8-9,11-13,15,20,22,24,28,31,34,37,40,43,46-48,50-51,53-67H2,1-3H3/b10-7-,17-14-,19-16-,21-18-,26-23-,27-25-,30-29-,33-32-,36-35-,39-38-,42-41-,45-44-,52-49-. The van der Waals surface area contributed by atoms with Crippen LogP contribution in [0.3, 0.4) is 0 Å². The average molecular weight is 1060 g/mol. The van der Waals surface area contributed by atoms with Crippen molar-refractivity contribution in [2.45, 2.75) is 258 Å². The van der Waals surface area contributed by atoms with Crippen molar-refractivity contribution < 1.29 is 28.6 Å². The highest BCUT2D eigenvalue weighted by Gasteiger charge is 2.19. The molecule has 0 fully saturated rings. The topological polar surface area (TPSA) is 78.9 Å². The largest absolute Gasteiger partial charge is 0.462 e. The number of ether oxygens (including phenoxy) is 3. The molecule has 0 bridgehead atoms. The molecule has 0 rings (SSSR count). The monoisotopic (exact) mass is 1060 g/mol. The van der Waals surface area contributed by atoms with E-state index < -0.39 is 6.10 Å². The molecular weight excluding hydrogens is 949 g/mol. The van der Waals surface area contributed by atoms with Gasteiger partial charge in [-0.25, -0.2) is 0 Å². The second kappa shape index (κ2) is 63.6. The molecule has 0 amide bonds. The molecule has 0 radical (unpaired) electrons. The zero-order chi connectivity index (χ0) is 55.7. The van der Waals surface area contributed by atoms with Gasteiger partial charge in [-0.3, -0.25) is 14.4 Å². The minimum Gasteiger partial charge on any atom is -0.462 e. The van der Waals surface area contributed by atoms with E-state index in [9.17, 15) is 14.4 Å². The van der Waals surface area contributed by atoms with Crippen LogP contribution in [0.5, 0.6) is 0 Å². The van der Waals surface area contributed by atoms with Gasteiger partial charge in [0.2, 0.25) is 0 Å². The van der Waals surface area contributed by atoms with Crippen LogP contribution in [-0.2, 0) is 28.6 Å². The van der Waals surface area contributed by atoms with E-state index in [2.05, 4.69) is 179 Å². The van der Waals surface area contributed by atoms with Gasteiger partial charge in [-0.15, -0.1) is 0 Å². The van der Waals surface area contributed by atoms with Crippen LogP contribution in [0.2, 0.25) is 0 Å². The Balaban J connectivity index is 4.38. The lowest BCUT2D eigenvalue weighted by molar-refractivity contribution is -0.167. The lowest BCUT2D eigenvalue weighted by Crippen LogP contribution is -2.30. The number of rotatable bonds is 54. The number of esters is 3. The Kier molecular flexibility index (Phi) is 59.5. The third-order valence-corrected chi connectivity index (χ3v) is 12.5. The number of hydrogen-bond donors (Lipinski definition) is 0. The van der Waals surface area contributed by atoms with Gasteiger partial charge in [-0.2, -0.15) is 0 Å². The Hall–Kier alpha value is -4.97. The molecule has 6 heteroatoms. The molecule has 6 nitrogen and oxygen atoms in total. The highest BCUT2D eigenvalue weighted by molar-refractivity contribution is 5.71. The van der Waals surface area contributed by atoms with Crippen LogP contribution in [0.4, 0.5) is 0 Å². The fraction of sp³-hybridized carbons (Fsp3) is 0.592. The maximum absolute atomic E-state index is 12.8. The first-order valence-corrected chi connectivity index (χ1v) is 31.0. The van der Waals surface area contributed by atoms with Crippen LogP contribution in [-0.4, -0.2) is 37.2 Å². The Labute approximate surface area is 473 Å². The van der Waals surface area contributed by atoms with E-state index in [-0.39, 0.29) is 31.1 Å². The maximum Gasteiger partial charge on any atom is 0.306 e. The van der Waals surface area contributed by atoms with Gasteiger partial charge >= 0.3 is 17.9 Å². The SMILES string of the molecule is CC/C=C\C/C=C\C/C=C\C/C=C\C/C=C\C/C=C\C/C=C\C/C=C\C/C=C\C/C=C\CCCCC(=O)OCC(COC(=O)CCCCCCC/C=C\CCCCC)OC(=O)CCCCCCC/C=C\C/C=C\CCCC. The smallest absolute Gasteiger partial charge is 0.306 e. The lowest BCUT2D eigenvalue weighted by atomic mass is 10.1. The third kappa shape index (κ3) is 61.8. The van der Waals surface area contributed by atoms with E-state index in [1.54, 1.807) is 0 Å². The van der Waals surface area contributed by atoms with Crippen molar-refractivity contribution in [3.8, 4) is 0 Å². The van der Waals surface area contributed by atoms with Gasteiger partial charge in [0, 0.05) is 19.3 Å². The molecule has 0 saturated heterocycles. The summed E-state index contributed by atoms with van der Waals surface area (Å²) in [6.45, 7) is 6.39. The summed E-state index contributed by atoms with van der Waals surface area (Å²) in [6.07, 6.45) is 92.5. The number of unbranched alkanes of at least 4 members (excludes halogenated alkanes) is 17. The number of hydrogen-bond acceptors (Lipinski definition) is 6. The molecule has 0 aliphatic heterocycles. The minimum atomic E-state index is -0.813. The zero-order valence-corrected chi connectivity index (χ0v) is 49.4. The van der Waals surface area contributed by atoms with Gasteiger partial charge in [-0.05, 0) is 148 Å². The van der Waals surface area contributed by atoms with Crippen LogP contribution in [0.15, 0.2) is 158 Å². The number of carbonyl (C=O) groups is 3. The summed E-state index contributed by atoms with van der Waals surface area (Å²) < 4.78 is 16.8. The molecule has 77 heavy (non-hydrogen) atoms. The quantitative estimate of drug-likeness (QED) is 0.0261. The Bertz CT molecular complexity index is 1740. The third-order valence-electron chi connectivity index (χ3n) is 12.5. The van der Waals surface area contributed by atoms with Crippen molar-refractivity contribution in [1.82, 2.24) is 0 Å². The maximum atomic E-state index is 12.8. The van der Waals surface area contributed by atoms with E-state index in [4.69, 9.17) is 14.2 Å². The summed E-state index contributed by atoms with van der Waals surface area (Å²) in [7, 11) is 0. The van der Waals surface area contributed by atoms with Crippen molar-refractivity contribution in [3.63, 3.8) is 0 Å². The van der Waals surface area contributed by atoms with Crippen molar-refractivity contribution in [3.05, 3.63) is 158 Å². The Morgan fingerprint density at radius 2 is 0.519 bits per heavy atom. The van der Waals surface area contributed by atoms with Crippen LogP contribution in [0.25, 0.3) is 0 Å². The van der Waals surface area contributed by atoms with Crippen LogP contribution >= 0.6 is 0 Å². The summed E-state index contributed by atoms with van der Waals surface area (Å²) in [6, 6.07) is 0. The van der Waals surface area contributed by atoms with Crippen LogP contribution in [0.1, 0.15) is 252 Å². The normalized spacial score (nSPS) is 13.2. The highest BCUT2D eigenvalue weighted by Crippen LogP contribution is 2.13.